The summed E-state index contributed by atoms with van der Waals surface area (Å²) >= 11 is 1.77. The average Bonchev–Trinajstić information content (AvgIpc) is 3.18. The zero-order valence-corrected chi connectivity index (χ0v) is 22.2. The molecule has 174 valence electrons. The quantitative estimate of drug-likeness (QED) is 0.226. The highest BCUT2D eigenvalue weighted by atomic mass is 127. The van der Waals surface area contributed by atoms with Crippen molar-refractivity contribution in [2.24, 2.45) is 16.8 Å². The molecule has 3 unspecified atom stereocenters. The van der Waals surface area contributed by atoms with E-state index >= 15 is 0 Å². The van der Waals surface area contributed by atoms with Crippen molar-refractivity contribution in [1.82, 2.24) is 20.4 Å². The maximum Gasteiger partial charge on any atom is 0.407 e. The van der Waals surface area contributed by atoms with Gasteiger partial charge in [-0.25, -0.2) is 9.79 Å². The highest BCUT2D eigenvalue weighted by Gasteiger charge is 2.44. The molecule has 1 saturated heterocycles. The fourth-order valence-electron chi connectivity index (χ4n) is 3.89. The maximum atomic E-state index is 12.2. The second-order valence-electron chi connectivity index (χ2n) is 9.01. The van der Waals surface area contributed by atoms with Crippen molar-refractivity contribution in [3.8, 4) is 0 Å². The molecule has 0 aromatic rings. The van der Waals surface area contributed by atoms with E-state index in [0.29, 0.717) is 11.8 Å². The van der Waals surface area contributed by atoms with E-state index in [1.54, 1.807) is 30.8 Å². The molecule has 1 aliphatic heterocycles. The Kier molecular flexibility index (Phi) is 11.0. The number of thioether (sulfide) groups is 1. The van der Waals surface area contributed by atoms with Crippen molar-refractivity contribution in [3.63, 3.8) is 0 Å². The van der Waals surface area contributed by atoms with Crippen LogP contribution < -0.4 is 10.6 Å². The van der Waals surface area contributed by atoms with Gasteiger partial charge >= 0.3 is 6.09 Å². The van der Waals surface area contributed by atoms with Crippen LogP contribution in [0, 0.1) is 11.8 Å². The number of amides is 2. The Morgan fingerprint density at radius 2 is 1.93 bits per heavy atom. The number of guanidine groups is 1. The first kappa shape index (κ1) is 27.1. The number of hydrogen-bond acceptors (Lipinski definition) is 5. The van der Waals surface area contributed by atoms with E-state index in [2.05, 4.69) is 26.8 Å². The van der Waals surface area contributed by atoms with Gasteiger partial charge < -0.3 is 25.2 Å². The molecule has 10 heteroatoms. The summed E-state index contributed by atoms with van der Waals surface area (Å²) in [6.45, 7) is 8.30. The SMILES string of the molecule is CSCCNC(=NCC(=O)N(C)C)N1CC2CCC(NC(=O)OC(C)(C)C)C2C1.I. The van der Waals surface area contributed by atoms with Gasteiger partial charge in [0.15, 0.2) is 5.96 Å². The van der Waals surface area contributed by atoms with Crippen LogP contribution in [0.4, 0.5) is 4.79 Å². The highest BCUT2D eigenvalue weighted by Crippen LogP contribution is 2.38. The third-order valence-electron chi connectivity index (χ3n) is 5.31. The molecule has 0 bridgehead atoms. The number of aliphatic imine (C=N–C) groups is 1. The van der Waals surface area contributed by atoms with E-state index in [4.69, 9.17) is 4.74 Å². The molecule has 1 saturated carbocycles. The maximum absolute atomic E-state index is 12.2. The Labute approximate surface area is 202 Å². The van der Waals surface area contributed by atoms with Crippen LogP contribution >= 0.6 is 35.7 Å². The standard InChI is InChI=1S/C20H37N5O3S.HI/c1-20(2,3)28-19(27)23-16-8-7-14-12-25(13-15(14)16)18(21-9-10-29-6)22-11-17(26)24(4)5;/h14-16H,7-13H2,1-6H3,(H,21,22)(H,23,27);1H. The Balaban J connectivity index is 0.00000450. The lowest BCUT2D eigenvalue weighted by molar-refractivity contribution is -0.127. The van der Waals surface area contributed by atoms with Crippen molar-refractivity contribution < 1.29 is 14.3 Å². The summed E-state index contributed by atoms with van der Waals surface area (Å²) in [5.41, 5.74) is -0.496. The average molecular weight is 556 g/mol. The fourth-order valence-corrected chi connectivity index (χ4v) is 4.20. The molecular formula is C20H38IN5O3S. The summed E-state index contributed by atoms with van der Waals surface area (Å²) in [7, 11) is 3.48. The van der Waals surface area contributed by atoms with Gasteiger partial charge in [0.05, 0.1) is 0 Å². The van der Waals surface area contributed by atoms with E-state index in [-0.39, 0.29) is 48.6 Å². The second-order valence-corrected chi connectivity index (χ2v) is 9.99. The first-order valence-electron chi connectivity index (χ1n) is 10.3. The Hall–Kier alpha value is -0.910. The molecule has 2 fully saturated rings. The van der Waals surface area contributed by atoms with Gasteiger partial charge in [0.1, 0.15) is 12.1 Å². The van der Waals surface area contributed by atoms with Crippen molar-refractivity contribution in [1.29, 1.82) is 0 Å². The number of alkyl carbamates (subject to hydrolysis) is 1. The molecule has 0 aromatic heterocycles. The minimum atomic E-state index is -0.496. The molecule has 0 aromatic carbocycles. The highest BCUT2D eigenvalue weighted by molar-refractivity contribution is 14.0. The smallest absolute Gasteiger partial charge is 0.407 e. The number of halogens is 1. The summed E-state index contributed by atoms with van der Waals surface area (Å²) in [6.07, 6.45) is 3.79. The first-order chi connectivity index (χ1) is 13.6. The van der Waals surface area contributed by atoms with Gasteiger partial charge in [-0.05, 0) is 45.8 Å². The number of ether oxygens (including phenoxy) is 1. The molecule has 1 heterocycles. The Morgan fingerprint density at radius 3 is 2.53 bits per heavy atom. The molecule has 2 rings (SSSR count). The number of carbonyl (C=O) groups is 2. The topological polar surface area (TPSA) is 86.3 Å². The number of carbonyl (C=O) groups excluding carboxylic acids is 2. The van der Waals surface area contributed by atoms with Crippen molar-refractivity contribution in [3.05, 3.63) is 0 Å². The minimum Gasteiger partial charge on any atom is -0.444 e. The fraction of sp³-hybridized carbons (Fsp3) is 0.850. The minimum absolute atomic E-state index is 0. The lowest BCUT2D eigenvalue weighted by Gasteiger charge is -2.26. The Morgan fingerprint density at radius 1 is 1.23 bits per heavy atom. The Bertz CT molecular complexity index is 612. The molecule has 0 radical (unpaired) electrons. The summed E-state index contributed by atoms with van der Waals surface area (Å²) in [5.74, 6) is 2.65. The third-order valence-corrected chi connectivity index (χ3v) is 5.92. The van der Waals surface area contributed by atoms with Gasteiger partial charge in [0.25, 0.3) is 0 Å². The number of likely N-dealkylation sites (tertiary alicyclic amines) is 1. The van der Waals surface area contributed by atoms with E-state index in [0.717, 1.165) is 44.2 Å². The van der Waals surface area contributed by atoms with Gasteiger partial charge in [0.2, 0.25) is 5.91 Å². The number of rotatable bonds is 6. The van der Waals surface area contributed by atoms with Crippen LogP contribution in [0.25, 0.3) is 0 Å². The molecule has 30 heavy (non-hydrogen) atoms. The molecule has 8 nitrogen and oxygen atoms in total. The van der Waals surface area contributed by atoms with Gasteiger partial charge in [-0.2, -0.15) is 11.8 Å². The molecule has 2 aliphatic rings. The first-order valence-corrected chi connectivity index (χ1v) is 11.7. The van der Waals surface area contributed by atoms with E-state index < -0.39 is 5.60 Å². The summed E-state index contributed by atoms with van der Waals surface area (Å²) in [6, 6.07) is 0.121. The van der Waals surface area contributed by atoms with Crippen molar-refractivity contribution in [2.45, 2.75) is 45.3 Å². The van der Waals surface area contributed by atoms with E-state index in [1.165, 1.54) is 0 Å². The van der Waals surface area contributed by atoms with Crippen LogP contribution in [0.1, 0.15) is 33.6 Å². The van der Waals surface area contributed by atoms with Gasteiger partial charge in [-0.15, -0.1) is 24.0 Å². The summed E-state index contributed by atoms with van der Waals surface area (Å²) in [4.78, 5) is 32.6. The van der Waals surface area contributed by atoms with E-state index in [9.17, 15) is 9.59 Å². The molecule has 0 spiro atoms. The normalized spacial score (nSPS) is 23.5. The molecule has 1 aliphatic carbocycles. The third kappa shape index (κ3) is 8.32. The summed E-state index contributed by atoms with van der Waals surface area (Å²) in [5, 5.41) is 6.48. The molecule has 2 amide bonds. The number of hydrogen-bond donors (Lipinski definition) is 2. The van der Waals surface area contributed by atoms with Crippen LogP contribution in [0.15, 0.2) is 4.99 Å². The number of likely N-dealkylation sites (N-methyl/N-ethyl adjacent to an activating group) is 1. The number of nitrogens with one attached hydrogen (secondary N) is 2. The predicted molar refractivity (Wildman–Crippen MR) is 134 cm³/mol. The van der Waals surface area contributed by atoms with Crippen LogP contribution in [0.2, 0.25) is 0 Å². The largest absolute Gasteiger partial charge is 0.444 e. The van der Waals surface area contributed by atoms with Crippen LogP contribution in [-0.4, -0.2) is 91.7 Å². The number of fused-ring (bicyclic) bond motifs is 1. The van der Waals surface area contributed by atoms with Gasteiger partial charge in [0, 0.05) is 51.4 Å². The lowest BCUT2D eigenvalue weighted by atomic mass is 9.98. The summed E-state index contributed by atoms with van der Waals surface area (Å²) < 4.78 is 5.43. The predicted octanol–water partition coefficient (Wildman–Crippen LogP) is 2.24. The van der Waals surface area contributed by atoms with Crippen LogP contribution in [-0.2, 0) is 9.53 Å². The lowest BCUT2D eigenvalue weighted by Crippen LogP contribution is -2.45. The monoisotopic (exact) mass is 555 g/mol. The van der Waals surface area contributed by atoms with Gasteiger partial charge in [-0.1, -0.05) is 0 Å². The van der Waals surface area contributed by atoms with Gasteiger partial charge in [-0.3, -0.25) is 4.79 Å². The van der Waals surface area contributed by atoms with Crippen LogP contribution in [0.3, 0.4) is 0 Å². The zero-order valence-electron chi connectivity index (χ0n) is 19.1. The molecular weight excluding hydrogens is 517 g/mol. The van der Waals surface area contributed by atoms with E-state index in [1.807, 2.05) is 20.8 Å². The number of nitrogens with zero attached hydrogens (tertiary/aromatic N) is 3. The molecule has 2 N–H and O–H groups in total. The van der Waals surface area contributed by atoms with Crippen molar-refractivity contribution in [2.75, 3.05) is 52.3 Å². The van der Waals surface area contributed by atoms with Crippen molar-refractivity contribution >= 4 is 53.7 Å². The zero-order chi connectivity index (χ0) is 21.6. The second kappa shape index (κ2) is 12.2. The molecule has 3 atom stereocenters. The van der Waals surface area contributed by atoms with Crippen LogP contribution in [0.5, 0.6) is 0 Å².